The van der Waals surface area contributed by atoms with Gasteiger partial charge in [0.05, 0.1) is 0 Å². The van der Waals surface area contributed by atoms with Crippen molar-refractivity contribution in [1.29, 1.82) is 0 Å². The predicted octanol–water partition coefficient (Wildman–Crippen LogP) is 3.67. The molecule has 0 saturated heterocycles. The van der Waals surface area contributed by atoms with Crippen molar-refractivity contribution in [3.05, 3.63) is 53.3 Å². The highest BCUT2D eigenvalue weighted by molar-refractivity contribution is 5.76. The Morgan fingerprint density at radius 3 is 2.73 bits per heavy atom. The van der Waals surface area contributed by atoms with Crippen LogP contribution in [0.25, 0.3) is 11.1 Å². The molecule has 4 nitrogen and oxygen atoms in total. The number of carbonyl (C=O) groups is 1. The van der Waals surface area contributed by atoms with Crippen LogP contribution < -0.4 is 4.74 Å². The zero-order chi connectivity index (χ0) is 15.9. The summed E-state index contributed by atoms with van der Waals surface area (Å²) in [6, 6.07) is 10.5. The van der Waals surface area contributed by atoms with Gasteiger partial charge in [0.2, 0.25) is 0 Å². The lowest BCUT2D eigenvalue weighted by Gasteiger charge is -2.21. The van der Waals surface area contributed by atoms with Crippen molar-refractivity contribution >= 4 is 6.09 Å². The molecule has 2 aromatic rings. The van der Waals surface area contributed by atoms with Crippen LogP contribution >= 0.6 is 0 Å². The number of rotatable bonds is 2. The van der Waals surface area contributed by atoms with Crippen molar-refractivity contribution in [2.75, 3.05) is 7.05 Å². The number of ether oxygens (including phenoxy) is 1. The number of hydrogen-bond acceptors (Lipinski definition) is 2. The number of nitrogens with zero attached hydrogens (tertiary/aromatic N) is 1. The zero-order valence-corrected chi connectivity index (χ0v) is 12.3. The van der Waals surface area contributed by atoms with Gasteiger partial charge in [0.1, 0.15) is 11.6 Å². The van der Waals surface area contributed by atoms with E-state index in [1.54, 1.807) is 0 Å². The molecule has 1 amide bonds. The first kappa shape index (κ1) is 14.4. The van der Waals surface area contributed by atoms with Gasteiger partial charge in [-0.1, -0.05) is 24.3 Å². The normalized spacial score (nSPS) is 16.0. The van der Waals surface area contributed by atoms with Crippen molar-refractivity contribution in [2.24, 2.45) is 0 Å². The number of aryl methyl sites for hydroxylation is 1. The van der Waals surface area contributed by atoms with Gasteiger partial charge in [-0.3, -0.25) is 4.90 Å². The minimum atomic E-state index is -1.07. The fourth-order valence-corrected chi connectivity index (χ4v) is 2.72. The van der Waals surface area contributed by atoms with E-state index < -0.39 is 12.3 Å². The van der Waals surface area contributed by atoms with Crippen LogP contribution in [0.4, 0.5) is 9.18 Å². The molecule has 0 saturated carbocycles. The summed E-state index contributed by atoms with van der Waals surface area (Å²) in [6.07, 6.45) is -1.36. The number of fused-ring (bicyclic) bond motifs is 1. The Hall–Kier alpha value is -2.56. The van der Waals surface area contributed by atoms with E-state index in [4.69, 9.17) is 9.84 Å². The number of carboxylic acid groups (broad SMARTS) is 1. The van der Waals surface area contributed by atoms with E-state index in [1.165, 1.54) is 19.2 Å². The van der Waals surface area contributed by atoms with E-state index >= 15 is 0 Å². The van der Waals surface area contributed by atoms with E-state index in [2.05, 4.69) is 0 Å². The van der Waals surface area contributed by atoms with Crippen LogP contribution in [0, 0.1) is 12.7 Å². The molecule has 1 aliphatic rings. The molecular weight excluding hydrogens is 285 g/mol. The number of amides is 1. The highest BCUT2D eigenvalue weighted by Gasteiger charge is 2.31. The second-order valence-electron chi connectivity index (χ2n) is 5.43. The number of hydrogen-bond donors (Lipinski definition) is 1. The molecule has 22 heavy (non-hydrogen) atoms. The average Bonchev–Trinajstić information content (AvgIpc) is 2.89. The second kappa shape index (κ2) is 5.33. The van der Waals surface area contributed by atoms with E-state index in [0.717, 1.165) is 16.0 Å². The lowest BCUT2D eigenvalue weighted by Crippen LogP contribution is -2.38. The third kappa shape index (κ3) is 2.39. The molecule has 114 valence electrons. The number of halogens is 1. The fraction of sp³-hybridized carbons (Fsp3) is 0.235. The van der Waals surface area contributed by atoms with Gasteiger partial charge < -0.3 is 9.84 Å². The molecule has 1 atom stereocenters. The Labute approximate surface area is 127 Å². The third-order valence-corrected chi connectivity index (χ3v) is 3.95. The standard InChI is InChI=1S/C17H16FNO3/c1-10-5-3-4-6-13(10)14-9-12(18)7-11-8-15(22-16(11)14)19(2)17(20)21/h3-7,9,15H,8H2,1-2H3,(H,20,21). The van der Waals surface area contributed by atoms with Crippen molar-refractivity contribution in [3.8, 4) is 16.9 Å². The molecule has 0 fully saturated rings. The summed E-state index contributed by atoms with van der Waals surface area (Å²) in [5.41, 5.74) is 3.25. The highest BCUT2D eigenvalue weighted by atomic mass is 19.1. The zero-order valence-electron chi connectivity index (χ0n) is 12.3. The Balaban J connectivity index is 2.07. The molecule has 0 spiro atoms. The Morgan fingerprint density at radius 2 is 2.05 bits per heavy atom. The fourth-order valence-electron chi connectivity index (χ4n) is 2.72. The van der Waals surface area contributed by atoms with Crippen LogP contribution in [0.3, 0.4) is 0 Å². The molecule has 5 heteroatoms. The Morgan fingerprint density at radius 1 is 1.32 bits per heavy atom. The van der Waals surface area contributed by atoms with Crippen molar-refractivity contribution < 1.29 is 19.0 Å². The quantitative estimate of drug-likeness (QED) is 0.920. The van der Waals surface area contributed by atoms with Gasteiger partial charge in [0, 0.05) is 24.6 Å². The molecule has 0 bridgehead atoms. The first-order valence-electron chi connectivity index (χ1n) is 6.98. The van der Waals surface area contributed by atoms with E-state index in [1.807, 2.05) is 31.2 Å². The molecule has 1 unspecified atom stereocenters. The Kier molecular flexibility index (Phi) is 3.48. The maximum atomic E-state index is 13.9. The topological polar surface area (TPSA) is 49.8 Å². The van der Waals surface area contributed by atoms with Gasteiger partial charge in [0.15, 0.2) is 6.23 Å². The summed E-state index contributed by atoms with van der Waals surface area (Å²) in [6.45, 7) is 1.95. The molecule has 1 N–H and O–H groups in total. The van der Waals surface area contributed by atoms with Crippen LogP contribution in [0.5, 0.6) is 5.75 Å². The molecule has 2 aromatic carbocycles. The van der Waals surface area contributed by atoms with Crippen LogP contribution in [-0.2, 0) is 6.42 Å². The smallest absolute Gasteiger partial charge is 0.409 e. The van der Waals surface area contributed by atoms with E-state index in [0.29, 0.717) is 23.3 Å². The molecule has 3 rings (SSSR count). The minimum Gasteiger partial charge on any atom is -0.469 e. The van der Waals surface area contributed by atoms with Crippen LogP contribution in [-0.4, -0.2) is 29.4 Å². The summed E-state index contributed by atoms with van der Waals surface area (Å²) >= 11 is 0. The van der Waals surface area contributed by atoms with E-state index in [9.17, 15) is 9.18 Å². The molecule has 0 radical (unpaired) electrons. The average molecular weight is 301 g/mol. The van der Waals surface area contributed by atoms with Crippen molar-refractivity contribution in [2.45, 2.75) is 19.6 Å². The van der Waals surface area contributed by atoms with Gasteiger partial charge in [-0.15, -0.1) is 0 Å². The van der Waals surface area contributed by atoms with Crippen LogP contribution in [0.2, 0.25) is 0 Å². The first-order valence-corrected chi connectivity index (χ1v) is 6.98. The maximum absolute atomic E-state index is 13.9. The minimum absolute atomic E-state index is 0.342. The predicted molar refractivity (Wildman–Crippen MR) is 80.5 cm³/mol. The molecule has 1 aliphatic heterocycles. The van der Waals surface area contributed by atoms with E-state index in [-0.39, 0.29) is 5.82 Å². The second-order valence-corrected chi connectivity index (χ2v) is 5.43. The van der Waals surface area contributed by atoms with Gasteiger partial charge >= 0.3 is 6.09 Å². The monoisotopic (exact) mass is 301 g/mol. The number of benzene rings is 2. The maximum Gasteiger partial charge on any atom is 0.409 e. The van der Waals surface area contributed by atoms with Crippen molar-refractivity contribution in [3.63, 3.8) is 0 Å². The summed E-state index contributed by atoms with van der Waals surface area (Å²) < 4.78 is 19.7. The largest absolute Gasteiger partial charge is 0.469 e. The van der Waals surface area contributed by atoms with Gasteiger partial charge in [0.25, 0.3) is 0 Å². The van der Waals surface area contributed by atoms with Gasteiger partial charge in [-0.2, -0.15) is 0 Å². The SMILES string of the molecule is Cc1ccccc1-c1cc(F)cc2c1OC(N(C)C(=O)O)C2. The third-order valence-electron chi connectivity index (χ3n) is 3.95. The van der Waals surface area contributed by atoms with Gasteiger partial charge in [-0.25, -0.2) is 9.18 Å². The lowest BCUT2D eigenvalue weighted by atomic mass is 9.97. The molecule has 0 aromatic heterocycles. The van der Waals surface area contributed by atoms with Crippen molar-refractivity contribution in [1.82, 2.24) is 4.90 Å². The lowest BCUT2D eigenvalue weighted by molar-refractivity contribution is 0.0610. The van der Waals surface area contributed by atoms with Gasteiger partial charge in [-0.05, 0) is 30.2 Å². The first-order chi connectivity index (χ1) is 10.5. The summed E-state index contributed by atoms with van der Waals surface area (Å²) in [5.74, 6) is 0.216. The Bertz CT molecular complexity index is 745. The highest BCUT2D eigenvalue weighted by Crippen LogP contribution is 2.41. The van der Waals surface area contributed by atoms with Crippen LogP contribution in [0.1, 0.15) is 11.1 Å². The molecule has 1 heterocycles. The number of likely N-dealkylation sites (N-methyl/N-ethyl adjacent to an activating group) is 1. The van der Waals surface area contributed by atoms with Crippen LogP contribution in [0.15, 0.2) is 36.4 Å². The molecule has 0 aliphatic carbocycles. The summed E-state index contributed by atoms with van der Waals surface area (Å²) in [5, 5.41) is 9.08. The molecular formula is C17H16FNO3. The summed E-state index contributed by atoms with van der Waals surface area (Å²) in [4.78, 5) is 12.2. The summed E-state index contributed by atoms with van der Waals surface area (Å²) in [7, 11) is 1.45.